The number of piperidine rings is 1. The first-order valence-electron chi connectivity index (χ1n) is 11.1. The number of aliphatic carboxylic acids is 1. The maximum atomic E-state index is 10.6. The molecule has 31 heavy (non-hydrogen) atoms. The van der Waals surface area contributed by atoms with Crippen LogP contribution in [0.3, 0.4) is 0 Å². The van der Waals surface area contributed by atoms with Crippen molar-refractivity contribution < 1.29 is 32.5 Å². The smallest absolute Gasteiger partial charge is 0.475 e. The van der Waals surface area contributed by atoms with Crippen LogP contribution in [-0.4, -0.2) is 67.2 Å². The van der Waals surface area contributed by atoms with E-state index in [2.05, 4.69) is 35.2 Å². The first kappa shape index (κ1) is 24.0. The number of rotatable bonds is 6. The number of carboxylic acids is 1. The highest BCUT2D eigenvalue weighted by Crippen LogP contribution is 2.32. The molecule has 3 aliphatic rings. The Morgan fingerprint density at radius 3 is 2.32 bits per heavy atom. The van der Waals surface area contributed by atoms with Gasteiger partial charge in [0.05, 0.1) is 6.10 Å². The third-order valence-electron chi connectivity index (χ3n) is 6.23. The lowest BCUT2D eigenvalue weighted by Gasteiger charge is -2.43. The van der Waals surface area contributed by atoms with Crippen molar-refractivity contribution in [3.8, 4) is 0 Å². The van der Waals surface area contributed by atoms with Gasteiger partial charge in [0.2, 0.25) is 0 Å². The Morgan fingerprint density at radius 1 is 1.10 bits per heavy atom. The zero-order valence-corrected chi connectivity index (χ0v) is 17.7. The first-order chi connectivity index (χ1) is 14.8. The summed E-state index contributed by atoms with van der Waals surface area (Å²) in [6, 6.07) is 11.7. The van der Waals surface area contributed by atoms with Gasteiger partial charge in [-0.2, -0.15) is 13.2 Å². The number of alkyl halides is 3. The molecule has 174 valence electrons. The van der Waals surface area contributed by atoms with Crippen molar-refractivity contribution in [1.29, 1.82) is 0 Å². The summed E-state index contributed by atoms with van der Waals surface area (Å²) in [5, 5.41) is 7.12. The lowest BCUT2D eigenvalue weighted by molar-refractivity contribution is -0.192. The number of likely N-dealkylation sites (tertiary alicyclic amines) is 1. The lowest BCUT2D eigenvalue weighted by Crippen LogP contribution is -2.50. The normalized spacial score (nSPS) is 25.5. The molecule has 2 heterocycles. The summed E-state index contributed by atoms with van der Waals surface area (Å²) >= 11 is 0. The van der Waals surface area contributed by atoms with Gasteiger partial charge >= 0.3 is 12.1 Å². The number of carbonyl (C=O) groups is 1. The number of carboxylic acid groups (broad SMARTS) is 1. The Balaban J connectivity index is 0.000000339. The number of nitrogens with zero attached hydrogens (tertiary/aromatic N) is 1. The molecule has 2 aliphatic heterocycles. The van der Waals surface area contributed by atoms with E-state index in [1.54, 1.807) is 0 Å². The van der Waals surface area contributed by atoms with Gasteiger partial charge in [0, 0.05) is 44.9 Å². The maximum Gasteiger partial charge on any atom is 0.490 e. The lowest BCUT2D eigenvalue weighted by atomic mass is 9.87. The molecule has 2 atom stereocenters. The second kappa shape index (κ2) is 11.3. The average molecular weight is 444 g/mol. The van der Waals surface area contributed by atoms with Gasteiger partial charge in [-0.15, -0.1) is 0 Å². The molecule has 4 rings (SSSR count). The highest BCUT2D eigenvalue weighted by molar-refractivity contribution is 5.73. The van der Waals surface area contributed by atoms with Gasteiger partial charge in [-0.05, 0) is 50.0 Å². The predicted octanol–water partition coefficient (Wildman–Crippen LogP) is 4.16. The fourth-order valence-electron chi connectivity index (χ4n) is 4.30. The van der Waals surface area contributed by atoms with Gasteiger partial charge in [-0.3, -0.25) is 4.90 Å². The number of halogens is 3. The molecule has 3 fully saturated rings. The topological polar surface area (TPSA) is 59.0 Å². The summed E-state index contributed by atoms with van der Waals surface area (Å²) in [5.74, 6) is -1.27. The molecule has 8 heteroatoms. The molecule has 0 bridgehead atoms. The Kier molecular flexibility index (Phi) is 8.75. The van der Waals surface area contributed by atoms with Crippen molar-refractivity contribution >= 4 is 5.97 Å². The third-order valence-corrected chi connectivity index (χ3v) is 6.23. The van der Waals surface area contributed by atoms with Crippen LogP contribution in [0.5, 0.6) is 0 Å². The zero-order valence-electron chi connectivity index (χ0n) is 17.7. The molecule has 5 nitrogen and oxygen atoms in total. The fraction of sp³-hybridized carbons (Fsp3) is 0.696. The largest absolute Gasteiger partial charge is 0.490 e. The van der Waals surface area contributed by atoms with Crippen molar-refractivity contribution in [2.45, 2.75) is 56.8 Å². The SMILES string of the molecule is O=C(O)C(F)(F)F.c1ccc(C[C@H]2CN(C3CCOCC3)CC[C@H]2OCC2CC2)cc1. The first-order valence-corrected chi connectivity index (χ1v) is 11.1. The summed E-state index contributed by atoms with van der Waals surface area (Å²) in [4.78, 5) is 11.6. The third kappa shape index (κ3) is 8.09. The summed E-state index contributed by atoms with van der Waals surface area (Å²) in [5.41, 5.74) is 1.45. The van der Waals surface area contributed by atoms with E-state index in [9.17, 15) is 13.2 Å². The molecule has 0 spiro atoms. The summed E-state index contributed by atoms with van der Waals surface area (Å²) in [7, 11) is 0. The molecule has 2 saturated heterocycles. The summed E-state index contributed by atoms with van der Waals surface area (Å²) < 4.78 is 43.7. The average Bonchev–Trinajstić information content (AvgIpc) is 3.58. The molecule has 0 radical (unpaired) electrons. The van der Waals surface area contributed by atoms with Crippen molar-refractivity contribution in [2.24, 2.45) is 11.8 Å². The summed E-state index contributed by atoms with van der Waals surface area (Å²) in [6.07, 6.45) is 2.87. The number of hydrogen-bond donors (Lipinski definition) is 1. The minimum absolute atomic E-state index is 0.446. The Bertz CT molecular complexity index is 675. The van der Waals surface area contributed by atoms with Gasteiger partial charge in [-0.25, -0.2) is 4.79 Å². The van der Waals surface area contributed by atoms with E-state index in [1.807, 2.05) is 0 Å². The van der Waals surface area contributed by atoms with Crippen LogP contribution >= 0.6 is 0 Å². The Labute approximate surface area is 181 Å². The van der Waals surface area contributed by atoms with Crippen molar-refractivity contribution in [3.63, 3.8) is 0 Å². The number of hydrogen-bond acceptors (Lipinski definition) is 4. The van der Waals surface area contributed by atoms with Crippen molar-refractivity contribution in [1.82, 2.24) is 4.90 Å². The van der Waals surface area contributed by atoms with E-state index in [0.29, 0.717) is 12.0 Å². The second-order valence-electron chi connectivity index (χ2n) is 8.70. The standard InChI is InChI=1S/C21H31NO2.C2HF3O2/c1-2-4-17(5-3-1)14-19-15-22(20-9-12-23-13-10-20)11-8-21(19)24-16-18-6-7-18;3-2(4,5)1(6)7/h1-5,18-21H,6-16H2;(H,6,7)/t19-,21+;/m0./s1. The summed E-state index contributed by atoms with van der Waals surface area (Å²) in [6.45, 7) is 5.26. The van der Waals surface area contributed by atoms with E-state index < -0.39 is 12.1 Å². The molecule has 1 aromatic rings. The second-order valence-corrected chi connectivity index (χ2v) is 8.70. The van der Waals surface area contributed by atoms with E-state index in [4.69, 9.17) is 19.4 Å². The van der Waals surface area contributed by atoms with Crippen molar-refractivity contribution in [2.75, 3.05) is 32.9 Å². The Morgan fingerprint density at radius 2 is 1.74 bits per heavy atom. The van der Waals surface area contributed by atoms with Gasteiger partial charge in [0.15, 0.2) is 0 Å². The fourth-order valence-corrected chi connectivity index (χ4v) is 4.30. The van der Waals surface area contributed by atoms with Crippen LogP contribution in [0.15, 0.2) is 30.3 Å². The van der Waals surface area contributed by atoms with Crippen LogP contribution < -0.4 is 0 Å². The molecule has 1 N–H and O–H groups in total. The highest BCUT2D eigenvalue weighted by atomic mass is 19.4. The van der Waals surface area contributed by atoms with Crippen LogP contribution in [0.4, 0.5) is 13.2 Å². The number of ether oxygens (including phenoxy) is 2. The van der Waals surface area contributed by atoms with Crippen LogP contribution in [0.2, 0.25) is 0 Å². The van der Waals surface area contributed by atoms with E-state index in [-0.39, 0.29) is 0 Å². The molecular weight excluding hydrogens is 411 g/mol. The van der Waals surface area contributed by atoms with Gasteiger partial charge in [-0.1, -0.05) is 30.3 Å². The zero-order chi connectivity index (χ0) is 22.3. The highest BCUT2D eigenvalue weighted by Gasteiger charge is 2.38. The van der Waals surface area contributed by atoms with Gasteiger partial charge < -0.3 is 14.6 Å². The molecule has 0 unspecified atom stereocenters. The van der Waals surface area contributed by atoms with Crippen LogP contribution in [-0.2, 0) is 20.7 Å². The molecule has 1 aromatic carbocycles. The maximum absolute atomic E-state index is 10.6. The van der Waals surface area contributed by atoms with E-state index in [1.165, 1.54) is 50.8 Å². The van der Waals surface area contributed by atoms with Gasteiger partial charge in [0.1, 0.15) is 0 Å². The number of benzene rings is 1. The Hall–Kier alpha value is -1.64. The van der Waals surface area contributed by atoms with Crippen LogP contribution in [0.25, 0.3) is 0 Å². The van der Waals surface area contributed by atoms with Crippen LogP contribution in [0, 0.1) is 11.8 Å². The molecule has 0 amide bonds. The van der Waals surface area contributed by atoms with Crippen molar-refractivity contribution in [3.05, 3.63) is 35.9 Å². The predicted molar refractivity (Wildman–Crippen MR) is 110 cm³/mol. The minimum atomic E-state index is -5.08. The van der Waals surface area contributed by atoms with Crippen LogP contribution in [0.1, 0.15) is 37.7 Å². The minimum Gasteiger partial charge on any atom is -0.475 e. The molecule has 1 saturated carbocycles. The quantitative estimate of drug-likeness (QED) is 0.716. The van der Waals surface area contributed by atoms with Gasteiger partial charge in [0.25, 0.3) is 0 Å². The van der Waals surface area contributed by atoms with E-state index in [0.717, 1.165) is 38.2 Å². The molecular formula is C23H32F3NO4. The monoisotopic (exact) mass is 443 g/mol. The molecule has 1 aliphatic carbocycles. The van der Waals surface area contributed by atoms with E-state index >= 15 is 0 Å². The molecule has 0 aromatic heterocycles.